The third kappa shape index (κ3) is 5.35. The molecule has 0 spiro atoms. The zero-order chi connectivity index (χ0) is 17.2. The maximum atomic E-state index is 12.2. The molecule has 1 saturated heterocycles. The number of hydrogen-bond donors (Lipinski definition) is 1. The van der Waals surface area contributed by atoms with E-state index in [9.17, 15) is 4.79 Å². The van der Waals surface area contributed by atoms with Crippen LogP contribution in [-0.4, -0.2) is 29.2 Å². The van der Waals surface area contributed by atoms with Gasteiger partial charge < -0.3 is 10.5 Å². The monoisotopic (exact) mass is 358 g/mol. The van der Waals surface area contributed by atoms with E-state index in [0.717, 1.165) is 18.5 Å². The quantitative estimate of drug-likeness (QED) is 0.834. The second kappa shape index (κ2) is 7.39. The van der Waals surface area contributed by atoms with Crippen LogP contribution in [0.25, 0.3) is 0 Å². The number of carbonyl (C=O) groups excluding carboxylic acids is 1. The first-order valence-corrected chi connectivity index (χ1v) is 8.58. The van der Waals surface area contributed by atoms with Gasteiger partial charge in [-0.1, -0.05) is 29.3 Å². The van der Waals surface area contributed by atoms with Crippen molar-refractivity contribution >= 4 is 29.2 Å². The van der Waals surface area contributed by atoms with Gasteiger partial charge in [0, 0.05) is 13.1 Å². The van der Waals surface area contributed by atoms with Gasteiger partial charge in [-0.05, 0) is 51.3 Å². The van der Waals surface area contributed by atoms with Crippen molar-refractivity contribution in [3.63, 3.8) is 0 Å². The van der Waals surface area contributed by atoms with Crippen molar-refractivity contribution in [2.24, 2.45) is 11.7 Å². The number of nitrogens with zero attached hydrogens (tertiary/aromatic N) is 1. The molecule has 1 heterocycles. The minimum absolute atomic E-state index is 0.130. The van der Waals surface area contributed by atoms with E-state index in [1.807, 2.05) is 32.9 Å². The smallest absolute Gasteiger partial charge is 0.309 e. The van der Waals surface area contributed by atoms with Crippen molar-refractivity contribution in [1.82, 2.24) is 4.90 Å². The molecule has 0 bridgehead atoms. The number of hydrogen-bond acceptors (Lipinski definition) is 4. The molecule has 1 aliphatic heterocycles. The molecular formula is C17H24Cl2N2O2. The van der Waals surface area contributed by atoms with Crippen molar-refractivity contribution in [1.29, 1.82) is 0 Å². The predicted molar refractivity (Wildman–Crippen MR) is 93.4 cm³/mol. The molecule has 0 saturated carbocycles. The molecule has 0 unspecified atom stereocenters. The lowest BCUT2D eigenvalue weighted by Gasteiger charge is -2.37. The van der Waals surface area contributed by atoms with Crippen LogP contribution < -0.4 is 5.73 Å². The Morgan fingerprint density at radius 2 is 2.04 bits per heavy atom. The maximum absolute atomic E-state index is 12.2. The summed E-state index contributed by atoms with van der Waals surface area (Å²) < 4.78 is 5.46. The van der Waals surface area contributed by atoms with Gasteiger partial charge in [0.05, 0.1) is 22.1 Å². The highest BCUT2D eigenvalue weighted by Gasteiger charge is 2.33. The molecule has 6 heteroatoms. The summed E-state index contributed by atoms with van der Waals surface area (Å²) in [6, 6.07) is 5.59. The molecule has 1 aromatic carbocycles. The molecule has 23 heavy (non-hydrogen) atoms. The summed E-state index contributed by atoms with van der Waals surface area (Å²) in [4.78, 5) is 14.3. The zero-order valence-electron chi connectivity index (χ0n) is 13.8. The summed E-state index contributed by atoms with van der Waals surface area (Å²) in [7, 11) is 0. The first-order valence-electron chi connectivity index (χ1n) is 7.82. The van der Waals surface area contributed by atoms with Crippen molar-refractivity contribution < 1.29 is 9.53 Å². The SMILES string of the molecule is CC(C)(C)OC(=O)[C@@H]1CCN(Cc2ccc(Cl)c(Cl)c2)[C@@H](N)C1. The van der Waals surface area contributed by atoms with Gasteiger partial charge in [-0.3, -0.25) is 9.69 Å². The van der Waals surface area contributed by atoms with Crippen LogP contribution in [0.5, 0.6) is 0 Å². The highest BCUT2D eigenvalue weighted by Crippen LogP contribution is 2.27. The Hall–Kier alpha value is -0.810. The number of piperidine rings is 1. The minimum Gasteiger partial charge on any atom is -0.460 e. The molecule has 0 radical (unpaired) electrons. The number of ether oxygens (including phenoxy) is 1. The predicted octanol–water partition coefficient (Wildman–Crippen LogP) is 3.83. The van der Waals surface area contributed by atoms with E-state index in [2.05, 4.69) is 4.90 Å². The van der Waals surface area contributed by atoms with E-state index in [0.29, 0.717) is 23.0 Å². The molecule has 1 aliphatic rings. The van der Waals surface area contributed by atoms with Gasteiger partial charge in [-0.15, -0.1) is 0 Å². The number of halogens is 2. The number of esters is 1. The molecule has 0 amide bonds. The summed E-state index contributed by atoms with van der Waals surface area (Å²) in [6.07, 6.45) is 1.19. The molecule has 1 fully saturated rings. The Kier molecular flexibility index (Phi) is 5.95. The fourth-order valence-electron chi connectivity index (χ4n) is 2.71. The van der Waals surface area contributed by atoms with Gasteiger partial charge in [-0.25, -0.2) is 0 Å². The zero-order valence-corrected chi connectivity index (χ0v) is 15.3. The molecule has 1 aromatic rings. The molecular weight excluding hydrogens is 335 g/mol. The van der Waals surface area contributed by atoms with Gasteiger partial charge in [0.2, 0.25) is 0 Å². The average molecular weight is 359 g/mol. The van der Waals surface area contributed by atoms with Gasteiger partial charge in [0.15, 0.2) is 0 Å². The molecule has 128 valence electrons. The van der Waals surface area contributed by atoms with E-state index < -0.39 is 5.60 Å². The summed E-state index contributed by atoms with van der Waals surface area (Å²) in [6.45, 7) is 7.09. The first kappa shape index (κ1) is 18.5. The Bertz CT molecular complexity index is 572. The van der Waals surface area contributed by atoms with Crippen LogP contribution in [0.2, 0.25) is 10.0 Å². The van der Waals surface area contributed by atoms with E-state index in [-0.39, 0.29) is 18.1 Å². The standard InChI is InChI=1S/C17H24Cl2N2O2/c1-17(2,3)23-16(22)12-6-7-21(15(20)9-12)10-11-4-5-13(18)14(19)8-11/h4-5,8,12,15H,6-7,9-10,20H2,1-3H3/t12-,15-/m1/s1. The second-order valence-electron chi connectivity index (χ2n) is 7.04. The highest BCUT2D eigenvalue weighted by atomic mass is 35.5. The van der Waals surface area contributed by atoms with Crippen LogP contribution in [0, 0.1) is 5.92 Å². The molecule has 0 aliphatic carbocycles. The molecule has 0 aromatic heterocycles. The normalized spacial score (nSPS) is 22.9. The lowest BCUT2D eigenvalue weighted by atomic mass is 9.94. The molecule has 2 N–H and O–H groups in total. The lowest BCUT2D eigenvalue weighted by molar-refractivity contribution is -0.162. The topological polar surface area (TPSA) is 55.6 Å². The van der Waals surface area contributed by atoms with Gasteiger partial charge in [0.25, 0.3) is 0 Å². The first-order chi connectivity index (χ1) is 10.7. The van der Waals surface area contributed by atoms with Crippen molar-refractivity contribution in [2.45, 2.75) is 51.9 Å². The van der Waals surface area contributed by atoms with Gasteiger partial charge in [0.1, 0.15) is 5.60 Å². The fraction of sp³-hybridized carbons (Fsp3) is 0.588. The third-order valence-electron chi connectivity index (χ3n) is 3.87. The van der Waals surface area contributed by atoms with E-state index >= 15 is 0 Å². The molecule has 4 nitrogen and oxygen atoms in total. The van der Waals surface area contributed by atoms with Crippen LogP contribution in [0.15, 0.2) is 18.2 Å². The van der Waals surface area contributed by atoms with Crippen LogP contribution in [0.1, 0.15) is 39.2 Å². The Morgan fingerprint density at radius 3 is 2.61 bits per heavy atom. The molecule has 2 rings (SSSR count). The fourth-order valence-corrected chi connectivity index (χ4v) is 3.03. The average Bonchev–Trinajstić information content (AvgIpc) is 2.43. The van der Waals surface area contributed by atoms with E-state index in [4.69, 9.17) is 33.7 Å². The second-order valence-corrected chi connectivity index (χ2v) is 7.86. The Labute approximate surface area is 147 Å². The number of likely N-dealkylation sites (tertiary alicyclic amines) is 1. The number of carbonyl (C=O) groups is 1. The van der Waals surface area contributed by atoms with Crippen molar-refractivity contribution in [2.75, 3.05) is 6.54 Å². The lowest BCUT2D eigenvalue weighted by Crippen LogP contribution is -2.49. The van der Waals surface area contributed by atoms with Crippen LogP contribution in [-0.2, 0) is 16.1 Å². The van der Waals surface area contributed by atoms with E-state index in [1.54, 1.807) is 6.07 Å². The summed E-state index contributed by atoms with van der Waals surface area (Å²) in [5, 5.41) is 1.09. The largest absolute Gasteiger partial charge is 0.460 e. The van der Waals surface area contributed by atoms with Crippen LogP contribution in [0.4, 0.5) is 0 Å². The van der Waals surface area contributed by atoms with Crippen LogP contribution >= 0.6 is 23.2 Å². The van der Waals surface area contributed by atoms with Gasteiger partial charge in [-0.2, -0.15) is 0 Å². The van der Waals surface area contributed by atoms with Crippen LogP contribution in [0.3, 0.4) is 0 Å². The van der Waals surface area contributed by atoms with E-state index in [1.165, 1.54) is 0 Å². The summed E-state index contributed by atoms with van der Waals surface area (Å²) in [5.41, 5.74) is 6.85. The van der Waals surface area contributed by atoms with Crippen molar-refractivity contribution in [3.05, 3.63) is 33.8 Å². The Balaban J connectivity index is 1.93. The number of benzene rings is 1. The highest BCUT2D eigenvalue weighted by molar-refractivity contribution is 6.42. The van der Waals surface area contributed by atoms with Gasteiger partial charge >= 0.3 is 5.97 Å². The summed E-state index contributed by atoms with van der Waals surface area (Å²) >= 11 is 12.0. The number of nitrogens with two attached hydrogens (primary N) is 1. The van der Waals surface area contributed by atoms with Crippen molar-refractivity contribution in [3.8, 4) is 0 Å². The maximum Gasteiger partial charge on any atom is 0.309 e. The number of rotatable bonds is 3. The molecule has 2 atom stereocenters. The Morgan fingerprint density at radius 1 is 1.35 bits per heavy atom. The third-order valence-corrected chi connectivity index (χ3v) is 4.61. The minimum atomic E-state index is -0.460. The summed E-state index contributed by atoms with van der Waals surface area (Å²) in [5.74, 6) is -0.281.